The van der Waals surface area contributed by atoms with E-state index < -0.39 is 0 Å². The predicted octanol–water partition coefficient (Wildman–Crippen LogP) is 3.22. The molecule has 2 rings (SSSR count). The predicted molar refractivity (Wildman–Crippen MR) is 105 cm³/mol. The molecule has 0 unspecified atom stereocenters. The Hall–Kier alpha value is -2.62. The van der Waals surface area contributed by atoms with Gasteiger partial charge in [0.15, 0.2) is 0 Å². The highest BCUT2D eigenvalue weighted by Gasteiger charge is 2.11. The number of hydrogen-bond donors (Lipinski definition) is 1. The number of carbonyl (C=O) groups is 2. The molecule has 138 valence electrons. The van der Waals surface area contributed by atoms with E-state index in [2.05, 4.69) is 29.6 Å². The molecule has 0 heterocycles. The van der Waals surface area contributed by atoms with Crippen molar-refractivity contribution < 1.29 is 9.59 Å². The fourth-order valence-corrected chi connectivity index (χ4v) is 2.83. The van der Waals surface area contributed by atoms with Crippen molar-refractivity contribution in [3.05, 3.63) is 71.8 Å². The van der Waals surface area contributed by atoms with E-state index in [0.29, 0.717) is 26.1 Å². The Morgan fingerprint density at radius 2 is 1.42 bits per heavy atom. The van der Waals surface area contributed by atoms with Crippen molar-refractivity contribution in [1.82, 2.24) is 10.2 Å². The van der Waals surface area contributed by atoms with Gasteiger partial charge in [-0.2, -0.15) is 0 Å². The number of aryl methyl sites for hydroxylation is 1. The van der Waals surface area contributed by atoms with Crippen molar-refractivity contribution in [2.75, 3.05) is 19.6 Å². The minimum Gasteiger partial charge on any atom is -0.356 e. The number of nitrogens with zero attached hydrogens (tertiary/aromatic N) is 1. The highest BCUT2D eigenvalue weighted by atomic mass is 16.2. The van der Waals surface area contributed by atoms with Crippen molar-refractivity contribution >= 4 is 11.8 Å². The summed E-state index contributed by atoms with van der Waals surface area (Å²) in [5, 5.41) is 2.94. The largest absolute Gasteiger partial charge is 0.356 e. The third-order valence-corrected chi connectivity index (χ3v) is 4.37. The molecule has 1 N–H and O–H groups in total. The lowest BCUT2D eigenvalue weighted by molar-refractivity contribution is -0.129. The Kier molecular flexibility index (Phi) is 8.40. The number of carbonyl (C=O) groups excluding carboxylic acids is 2. The van der Waals surface area contributed by atoms with Crippen molar-refractivity contribution in [2.45, 2.75) is 32.6 Å². The van der Waals surface area contributed by atoms with Crippen LogP contribution < -0.4 is 5.32 Å². The molecule has 0 bridgehead atoms. The summed E-state index contributed by atoms with van der Waals surface area (Å²) >= 11 is 0. The van der Waals surface area contributed by atoms with Crippen LogP contribution in [0.15, 0.2) is 60.7 Å². The molecule has 2 amide bonds. The van der Waals surface area contributed by atoms with E-state index >= 15 is 0 Å². The van der Waals surface area contributed by atoms with E-state index in [1.165, 1.54) is 11.1 Å². The van der Waals surface area contributed by atoms with Crippen LogP contribution in [0, 0.1) is 0 Å². The third-order valence-electron chi connectivity index (χ3n) is 4.37. The fraction of sp³-hybridized carbons (Fsp3) is 0.364. The molecule has 0 aliphatic heterocycles. The van der Waals surface area contributed by atoms with Gasteiger partial charge in [0.2, 0.25) is 11.8 Å². The highest BCUT2D eigenvalue weighted by molar-refractivity contribution is 5.78. The number of benzene rings is 2. The molecule has 4 nitrogen and oxygen atoms in total. The van der Waals surface area contributed by atoms with Gasteiger partial charge in [-0.25, -0.2) is 0 Å². The first-order chi connectivity index (χ1) is 12.6. The minimum atomic E-state index is 0.00372. The van der Waals surface area contributed by atoms with E-state index in [-0.39, 0.29) is 11.8 Å². The van der Waals surface area contributed by atoms with E-state index in [1.54, 1.807) is 11.8 Å². The maximum atomic E-state index is 12.0. The number of rotatable bonds is 10. The first-order valence-corrected chi connectivity index (χ1v) is 9.25. The number of nitrogens with one attached hydrogen (secondary N) is 1. The van der Waals surface area contributed by atoms with Crippen molar-refractivity contribution in [3.63, 3.8) is 0 Å². The summed E-state index contributed by atoms with van der Waals surface area (Å²) in [6.07, 6.45) is 3.02. The molecule has 2 aromatic carbocycles. The van der Waals surface area contributed by atoms with Crippen LogP contribution in [0.5, 0.6) is 0 Å². The van der Waals surface area contributed by atoms with Gasteiger partial charge in [0.05, 0.1) is 0 Å². The first-order valence-electron chi connectivity index (χ1n) is 9.25. The third kappa shape index (κ3) is 7.51. The normalized spacial score (nSPS) is 10.3. The van der Waals surface area contributed by atoms with Crippen LogP contribution in [-0.2, 0) is 22.4 Å². The van der Waals surface area contributed by atoms with E-state index in [0.717, 1.165) is 19.3 Å². The monoisotopic (exact) mass is 352 g/mol. The van der Waals surface area contributed by atoms with Gasteiger partial charge in [-0.05, 0) is 30.4 Å². The molecule has 4 heteroatoms. The SMILES string of the molecule is CC(=O)N(CCC(=O)NCCCc1ccccc1)CCc1ccccc1. The number of amides is 2. The zero-order chi connectivity index (χ0) is 18.6. The summed E-state index contributed by atoms with van der Waals surface area (Å²) in [6, 6.07) is 20.3. The lowest BCUT2D eigenvalue weighted by Gasteiger charge is -2.21. The Balaban J connectivity index is 1.64. The average molecular weight is 352 g/mol. The second kappa shape index (κ2) is 11.1. The molecule has 0 atom stereocenters. The van der Waals surface area contributed by atoms with Gasteiger partial charge in [0, 0.05) is 33.0 Å². The van der Waals surface area contributed by atoms with Gasteiger partial charge >= 0.3 is 0 Å². The fourth-order valence-electron chi connectivity index (χ4n) is 2.83. The van der Waals surface area contributed by atoms with Crippen LogP contribution in [0.25, 0.3) is 0 Å². The Bertz CT molecular complexity index is 671. The van der Waals surface area contributed by atoms with Crippen LogP contribution in [0.3, 0.4) is 0 Å². The smallest absolute Gasteiger partial charge is 0.221 e. The van der Waals surface area contributed by atoms with E-state index in [4.69, 9.17) is 0 Å². The standard InChI is InChI=1S/C22H28N2O2/c1-19(25)24(17-14-21-11-6-3-7-12-21)18-15-22(26)23-16-8-13-20-9-4-2-5-10-20/h2-7,9-12H,8,13-18H2,1H3,(H,23,26). The quantitative estimate of drug-likeness (QED) is 0.668. The number of hydrogen-bond acceptors (Lipinski definition) is 2. The lowest BCUT2D eigenvalue weighted by Crippen LogP contribution is -2.35. The molecule has 0 aromatic heterocycles. The molecular formula is C22H28N2O2. The van der Waals surface area contributed by atoms with Gasteiger partial charge in [0.1, 0.15) is 0 Å². The van der Waals surface area contributed by atoms with Crippen LogP contribution in [0.2, 0.25) is 0 Å². The van der Waals surface area contributed by atoms with Crippen LogP contribution >= 0.6 is 0 Å². The lowest BCUT2D eigenvalue weighted by atomic mass is 10.1. The second-order valence-corrected chi connectivity index (χ2v) is 6.43. The maximum absolute atomic E-state index is 12.0. The molecule has 26 heavy (non-hydrogen) atoms. The summed E-state index contributed by atoms with van der Waals surface area (Å²) in [7, 11) is 0. The summed E-state index contributed by atoms with van der Waals surface area (Å²) in [5.41, 5.74) is 2.48. The first kappa shape index (κ1) is 19.7. The Morgan fingerprint density at radius 3 is 2.00 bits per heavy atom. The van der Waals surface area contributed by atoms with Gasteiger partial charge < -0.3 is 10.2 Å². The summed E-state index contributed by atoms with van der Waals surface area (Å²) in [6.45, 7) is 3.33. The highest BCUT2D eigenvalue weighted by Crippen LogP contribution is 2.03. The topological polar surface area (TPSA) is 49.4 Å². The van der Waals surface area contributed by atoms with Crippen molar-refractivity contribution in [1.29, 1.82) is 0 Å². The molecule has 2 aromatic rings. The molecule has 0 fully saturated rings. The summed E-state index contributed by atoms with van der Waals surface area (Å²) in [5.74, 6) is 0.0156. The molecule has 0 aliphatic rings. The molecule has 0 saturated heterocycles. The van der Waals surface area contributed by atoms with E-state index in [1.807, 2.05) is 36.4 Å². The van der Waals surface area contributed by atoms with Crippen LogP contribution in [0.1, 0.15) is 30.9 Å². The van der Waals surface area contributed by atoms with Crippen LogP contribution in [-0.4, -0.2) is 36.3 Å². The van der Waals surface area contributed by atoms with E-state index in [9.17, 15) is 9.59 Å². The molecular weight excluding hydrogens is 324 g/mol. The zero-order valence-electron chi connectivity index (χ0n) is 15.5. The van der Waals surface area contributed by atoms with Crippen molar-refractivity contribution in [2.24, 2.45) is 0 Å². The van der Waals surface area contributed by atoms with Crippen LogP contribution in [0.4, 0.5) is 0 Å². The molecule has 0 aliphatic carbocycles. The van der Waals surface area contributed by atoms with Gasteiger partial charge in [0.25, 0.3) is 0 Å². The van der Waals surface area contributed by atoms with Gasteiger partial charge in [-0.3, -0.25) is 9.59 Å². The minimum absolute atomic E-state index is 0.00372. The summed E-state index contributed by atoms with van der Waals surface area (Å²) in [4.78, 5) is 25.5. The van der Waals surface area contributed by atoms with Crippen molar-refractivity contribution in [3.8, 4) is 0 Å². The average Bonchev–Trinajstić information content (AvgIpc) is 2.66. The maximum Gasteiger partial charge on any atom is 0.221 e. The zero-order valence-corrected chi connectivity index (χ0v) is 15.5. The van der Waals surface area contributed by atoms with Gasteiger partial charge in [-0.15, -0.1) is 0 Å². The molecule has 0 saturated carbocycles. The summed E-state index contributed by atoms with van der Waals surface area (Å²) < 4.78 is 0. The molecule has 0 radical (unpaired) electrons. The second-order valence-electron chi connectivity index (χ2n) is 6.43. The Morgan fingerprint density at radius 1 is 0.846 bits per heavy atom. The molecule has 0 spiro atoms. The Labute approximate surface area is 156 Å². The van der Waals surface area contributed by atoms with Gasteiger partial charge in [-0.1, -0.05) is 60.7 Å².